The molecule has 1 N–H and O–H groups in total. The van der Waals surface area contributed by atoms with Gasteiger partial charge in [0.05, 0.1) is 12.2 Å². The molecule has 0 radical (unpaired) electrons. The molecule has 3 unspecified atom stereocenters. The zero-order valence-corrected chi connectivity index (χ0v) is 11.8. The van der Waals surface area contributed by atoms with Crippen molar-refractivity contribution in [2.24, 2.45) is 17.3 Å². The molecule has 2 fully saturated rings. The van der Waals surface area contributed by atoms with Gasteiger partial charge < -0.3 is 4.90 Å². The molecule has 1 saturated heterocycles. The smallest absolute Gasteiger partial charge is 0.241 e. The fourth-order valence-corrected chi connectivity index (χ4v) is 2.86. The van der Waals surface area contributed by atoms with E-state index >= 15 is 0 Å². The van der Waals surface area contributed by atoms with Gasteiger partial charge in [-0.3, -0.25) is 10.1 Å². The summed E-state index contributed by atoms with van der Waals surface area (Å²) in [6.45, 7) is 12.0. The lowest BCUT2D eigenvalue weighted by molar-refractivity contribution is -0.130. The molecule has 0 bridgehead atoms. The maximum Gasteiger partial charge on any atom is 0.241 e. The molecule has 2 rings (SSSR count). The van der Waals surface area contributed by atoms with E-state index in [1.165, 1.54) is 6.42 Å². The van der Waals surface area contributed by atoms with Crippen LogP contribution in [0.2, 0.25) is 0 Å². The van der Waals surface area contributed by atoms with Crippen molar-refractivity contribution in [3.8, 4) is 0 Å². The zero-order valence-electron chi connectivity index (χ0n) is 11.8. The van der Waals surface area contributed by atoms with E-state index in [9.17, 15) is 4.79 Å². The Morgan fingerprint density at radius 3 is 2.53 bits per heavy atom. The first-order valence-corrected chi connectivity index (χ1v) is 6.88. The summed E-state index contributed by atoms with van der Waals surface area (Å²) in [4.78, 5) is 14.3. The lowest BCUT2D eigenvalue weighted by Crippen LogP contribution is -2.36. The fourth-order valence-electron chi connectivity index (χ4n) is 2.86. The van der Waals surface area contributed by atoms with Crippen LogP contribution in [-0.2, 0) is 4.79 Å². The third-order valence-corrected chi connectivity index (χ3v) is 4.33. The van der Waals surface area contributed by atoms with Crippen LogP contribution in [0.3, 0.4) is 0 Å². The molecule has 17 heavy (non-hydrogen) atoms. The Hall–Kier alpha value is -0.570. The fraction of sp³-hybridized carbons (Fsp3) is 0.929. The third kappa shape index (κ3) is 2.65. The summed E-state index contributed by atoms with van der Waals surface area (Å²) in [6, 6.07) is 0.0480. The van der Waals surface area contributed by atoms with Crippen LogP contribution in [-0.4, -0.2) is 29.6 Å². The first-order valence-electron chi connectivity index (χ1n) is 6.88. The van der Waals surface area contributed by atoms with Gasteiger partial charge in [0.1, 0.15) is 0 Å². The Morgan fingerprint density at radius 2 is 2.06 bits per heavy atom. The van der Waals surface area contributed by atoms with Crippen molar-refractivity contribution in [3.05, 3.63) is 0 Å². The molecule has 3 atom stereocenters. The van der Waals surface area contributed by atoms with Gasteiger partial charge in [0.2, 0.25) is 5.91 Å². The molecule has 3 nitrogen and oxygen atoms in total. The minimum Gasteiger partial charge on any atom is -0.326 e. The highest BCUT2D eigenvalue weighted by Crippen LogP contribution is 2.52. The summed E-state index contributed by atoms with van der Waals surface area (Å²) in [5.41, 5.74) is 0.454. The summed E-state index contributed by atoms with van der Waals surface area (Å²) in [6.07, 6.45) is 2.43. The van der Waals surface area contributed by atoms with E-state index in [0.717, 1.165) is 13.0 Å². The van der Waals surface area contributed by atoms with E-state index in [0.29, 0.717) is 23.2 Å². The number of nitrogens with zero attached hydrogens (tertiary/aromatic N) is 1. The highest BCUT2D eigenvalue weighted by Gasteiger charge is 2.49. The number of hydrogen-bond acceptors (Lipinski definition) is 2. The molecular weight excluding hydrogens is 212 g/mol. The van der Waals surface area contributed by atoms with Crippen molar-refractivity contribution in [3.63, 3.8) is 0 Å². The number of amides is 1. The molecule has 3 heteroatoms. The van der Waals surface area contributed by atoms with Gasteiger partial charge in [0.15, 0.2) is 0 Å². The van der Waals surface area contributed by atoms with Gasteiger partial charge in [-0.1, -0.05) is 27.7 Å². The van der Waals surface area contributed by atoms with Crippen LogP contribution in [0.4, 0.5) is 0 Å². The van der Waals surface area contributed by atoms with Crippen LogP contribution in [0.1, 0.15) is 47.5 Å². The maximum absolute atomic E-state index is 12.3. The molecule has 0 aromatic rings. The van der Waals surface area contributed by atoms with Gasteiger partial charge in [-0.25, -0.2) is 0 Å². The minimum absolute atomic E-state index is 0.0480. The molecule has 1 aliphatic carbocycles. The summed E-state index contributed by atoms with van der Waals surface area (Å²) in [5, 5.41) is 3.42. The highest BCUT2D eigenvalue weighted by molar-refractivity contribution is 5.84. The summed E-state index contributed by atoms with van der Waals surface area (Å²) in [5.74, 6) is 1.59. The number of carbonyl (C=O) groups excluding carboxylic acids is 1. The zero-order chi connectivity index (χ0) is 12.8. The van der Waals surface area contributed by atoms with E-state index in [4.69, 9.17) is 0 Å². The van der Waals surface area contributed by atoms with Crippen LogP contribution in [0.15, 0.2) is 0 Å². The van der Waals surface area contributed by atoms with Crippen LogP contribution in [0, 0.1) is 17.3 Å². The molecule has 0 aromatic carbocycles. The Kier molecular flexibility index (Phi) is 3.23. The Morgan fingerprint density at radius 1 is 1.47 bits per heavy atom. The molecule has 1 aliphatic heterocycles. The van der Waals surface area contributed by atoms with Gasteiger partial charge in [-0.2, -0.15) is 0 Å². The topological polar surface area (TPSA) is 32.3 Å². The summed E-state index contributed by atoms with van der Waals surface area (Å²) < 4.78 is 0. The number of nitrogens with one attached hydrogen (secondary N) is 1. The lowest BCUT2D eigenvalue weighted by atomic mass is 10.0. The van der Waals surface area contributed by atoms with Crippen molar-refractivity contribution in [1.29, 1.82) is 0 Å². The number of carbonyl (C=O) groups is 1. The van der Waals surface area contributed by atoms with Crippen molar-refractivity contribution in [2.75, 3.05) is 6.54 Å². The molecule has 0 spiro atoms. The van der Waals surface area contributed by atoms with E-state index in [1.807, 2.05) is 4.90 Å². The Bertz CT molecular complexity index is 311. The Balaban J connectivity index is 1.92. The molecule has 0 aromatic heterocycles. The predicted octanol–water partition coefficient (Wildman–Crippen LogP) is 2.23. The second kappa shape index (κ2) is 4.27. The molecular formula is C14H26N2O. The summed E-state index contributed by atoms with van der Waals surface area (Å²) in [7, 11) is 0. The minimum atomic E-state index is 0.0480. The van der Waals surface area contributed by atoms with E-state index in [1.54, 1.807) is 0 Å². The standard InChI is InChI=1S/C14H26N2O/c1-9(2)6-12-13(17)16(10(3)15-12)8-11-7-14(11,4)5/h9-12,15H,6-8H2,1-5H3. The molecule has 98 valence electrons. The number of rotatable bonds is 4. The van der Waals surface area contributed by atoms with Crippen molar-refractivity contribution < 1.29 is 4.79 Å². The van der Waals surface area contributed by atoms with Gasteiger partial charge in [0.25, 0.3) is 0 Å². The van der Waals surface area contributed by atoms with E-state index in [2.05, 4.69) is 39.9 Å². The van der Waals surface area contributed by atoms with Crippen molar-refractivity contribution in [1.82, 2.24) is 10.2 Å². The quantitative estimate of drug-likeness (QED) is 0.814. The second-order valence-electron chi connectivity index (χ2n) is 6.91. The van der Waals surface area contributed by atoms with Crippen LogP contribution >= 0.6 is 0 Å². The molecule has 1 heterocycles. The maximum atomic E-state index is 12.3. The van der Waals surface area contributed by atoms with Crippen LogP contribution in [0.25, 0.3) is 0 Å². The first-order chi connectivity index (χ1) is 7.81. The predicted molar refractivity (Wildman–Crippen MR) is 69.4 cm³/mol. The highest BCUT2D eigenvalue weighted by atomic mass is 16.2. The van der Waals surface area contributed by atoms with E-state index < -0.39 is 0 Å². The van der Waals surface area contributed by atoms with Gasteiger partial charge in [-0.15, -0.1) is 0 Å². The van der Waals surface area contributed by atoms with Gasteiger partial charge in [0, 0.05) is 6.54 Å². The third-order valence-electron chi connectivity index (χ3n) is 4.33. The van der Waals surface area contributed by atoms with Crippen molar-refractivity contribution in [2.45, 2.75) is 59.7 Å². The normalized spacial score (nSPS) is 35.8. The molecule has 2 aliphatic rings. The van der Waals surface area contributed by atoms with Gasteiger partial charge >= 0.3 is 0 Å². The molecule has 1 saturated carbocycles. The lowest BCUT2D eigenvalue weighted by Gasteiger charge is -2.21. The van der Waals surface area contributed by atoms with E-state index in [-0.39, 0.29) is 12.2 Å². The largest absolute Gasteiger partial charge is 0.326 e. The first kappa shape index (κ1) is 12.9. The van der Waals surface area contributed by atoms with Crippen LogP contribution in [0.5, 0.6) is 0 Å². The average molecular weight is 238 g/mol. The monoisotopic (exact) mass is 238 g/mol. The van der Waals surface area contributed by atoms with Crippen LogP contribution < -0.4 is 5.32 Å². The van der Waals surface area contributed by atoms with Gasteiger partial charge in [-0.05, 0) is 37.0 Å². The summed E-state index contributed by atoms with van der Waals surface area (Å²) >= 11 is 0. The number of hydrogen-bond donors (Lipinski definition) is 1. The van der Waals surface area contributed by atoms with Crippen molar-refractivity contribution >= 4 is 5.91 Å². The Labute approximate surface area is 105 Å². The SMILES string of the molecule is CC(C)CC1NC(C)N(CC2CC2(C)C)C1=O. The molecule has 1 amide bonds. The second-order valence-corrected chi connectivity index (χ2v) is 6.91. The average Bonchev–Trinajstić information content (AvgIpc) is 2.71.